The number of hydrogen-bond acceptors (Lipinski definition) is 3. The summed E-state index contributed by atoms with van der Waals surface area (Å²) >= 11 is 1.53. The van der Waals surface area contributed by atoms with Crippen LogP contribution in [0.25, 0.3) is 10.9 Å². The van der Waals surface area contributed by atoms with E-state index in [1.165, 1.54) is 33.8 Å². The van der Waals surface area contributed by atoms with Gasteiger partial charge in [-0.15, -0.1) is 0 Å². The van der Waals surface area contributed by atoms with Crippen molar-refractivity contribution < 1.29 is 4.79 Å². The third-order valence-electron chi connectivity index (χ3n) is 4.98. The Bertz CT molecular complexity index is 983. The number of carbonyl (C=O) groups is 1. The van der Waals surface area contributed by atoms with Crippen molar-refractivity contribution in [2.75, 3.05) is 17.2 Å². The van der Waals surface area contributed by atoms with E-state index in [1.807, 2.05) is 17.0 Å². The molecule has 0 unspecified atom stereocenters. The van der Waals surface area contributed by atoms with Crippen molar-refractivity contribution in [3.8, 4) is 0 Å². The predicted molar refractivity (Wildman–Crippen MR) is 109 cm³/mol. The predicted octanol–water partition coefficient (Wildman–Crippen LogP) is 4.92. The van der Waals surface area contributed by atoms with Crippen LogP contribution in [0.15, 0.2) is 53.6 Å². The number of amides is 1. The summed E-state index contributed by atoms with van der Waals surface area (Å²) in [6.45, 7) is 4.99. The highest BCUT2D eigenvalue weighted by Gasteiger charge is 2.22. The van der Waals surface area contributed by atoms with E-state index >= 15 is 0 Å². The van der Waals surface area contributed by atoms with Crippen LogP contribution in [0.4, 0.5) is 5.69 Å². The molecule has 0 saturated carbocycles. The molecule has 0 saturated heterocycles. The number of anilines is 1. The lowest BCUT2D eigenvalue weighted by Crippen LogP contribution is -2.36. The maximum Gasteiger partial charge on any atom is 0.237 e. The molecular weight excluding hydrogens is 340 g/mol. The highest BCUT2D eigenvalue weighted by molar-refractivity contribution is 7.99. The van der Waals surface area contributed by atoms with Gasteiger partial charge in [-0.25, -0.2) is 4.98 Å². The molecule has 0 fully saturated rings. The zero-order valence-electron chi connectivity index (χ0n) is 15.2. The van der Waals surface area contributed by atoms with E-state index in [0.717, 1.165) is 35.6 Å². The van der Waals surface area contributed by atoms with Crippen LogP contribution in [0.5, 0.6) is 0 Å². The topological polar surface area (TPSA) is 33.2 Å². The smallest absolute Gasteiger partial charge is 0.237 e. The lowest BCUT2D eigenvalue weighted by molar-refractivity contribution is -0.116. The standard InChI is InChI=1S/C22H22N2OS/c1-15-7-5-10-18-16(2)13-20(23-22(15)18)26-14-21(25)24-12-6-9-17-8-3-4-11-19(17)24/h3-5,7-8,10-11,13H,6,9,12,14H2,1-2H3. The average molecular weight is 362 g/mol. The molecule has 3 aromatic rings. The fourth-order valence-corrected chi connectivity index (χ4v) is 4.45. The van der Waals surface area contributed by atoms with E-state index in [-0.39, 0.29) is 5.91 Å². The van der Waals surface area contributed by atoms with Gasteiger partial charge >= 0.3 is 0 Å². The molecule has 0 atom stereocenters. The SMILES string of the molecule is Cc1cc(SCC(=O)N2CCCc3ccccc32)nc2c(C)cccc12. The third-order valence-corrected chi connectivity index (χ3v) is 5.88. The summed E-state index contributed by atoms with van der Waals surface area (Å²) in [4.78, 5) is 19.6. The molecule has 0 bridgehead atoms. The molecule has 4 rings (SSSR count). The lowest BCUT2D eigenvalue weighted by atomic mass is 10.0. The monoisotopic (exact) mass is 362 g/mol. The second-order valence-electron chi connectivity index (χ2n) is 6.81. The quantitative estimate of drug-likeness (QED) is 0.620. The van der Waals surface area contributed by atoms with Gasteiger partial charge in [0, 0.05) is 17.6 Å². The lowest BCUT2D eigenvalue weighted by Gasteiger charge is -2.29. The minimum absolute atomic E-state index is 0.159. The van der Waals surface area contributed by atoms with E-state index in [0.29, 0.717) is 5.75 Å². The number of thioether (sulfide) groups is 1. The molecule has 1 aliphatic rings. The van der Waals surface area contributed by atoms with Gasteiger partial charge in [0.15, 0.2) is 0 Å². The van der Waals surface area contributed by atoms with Crippen molar-refractivity contribution in [1.29, 1.82) is 0 Å². The molecule has 0 N–H and O–H groups in total. The average Bonchev–Trinajstić information content (AvgIpc) is 2.66. The Balaban J connectivity index is 1.54. The van der Waals surface area contributed by atoms with Gasteiger partial charge in [0.2, 0.25) is 5.91 Å². The fraction of sp³-hybridized carbons (Fsp3) is 0.273. The molecule has 1 aromatic heterocycles. The van der Waals surface area contributed by atoms with Crippen molar-refractivity contribution in [3.63, 3.8) is 0 Å². The molecule has 4 heteroatoms. The summed E-state index contributed by atoms with van der Waals surface area (Å²) in [7, 11) is 0. The van der Waals surface area contributed by atoms with Crippen molar-refractivity contribution in [2.24, 2.45) is 0 Å². The second kappa shape index (κ2) is 7.12. The van der Waals surface area contributed by atoms with Crippen molar-refractivity contribution in [3.05, 3.63) is 65.2 Å². The van der Waals surface area contributed by atoms with Gasteiger partial charge in [0.05, 0.1) is 16.3 Å². The molecule has 1 aliphatic heterocycles. The van der Waals surface area contributed by atoms with E-state index < -0.39 is 0 Å². The van der Waals surface area contributed by atoms with Gasteiger partial charge < -0.3 is 4.90 Å². The number of carbonyl (C=O) groups excluding carboxylic acids is 1. The zero-order valence-corrected chi connectivity index (χ0v) is 16.0. The number of nitrogens with zero attached hydrogens (tertiary/aromatic N) is 2. The van der Waals surface area contributed by atoms with Gasteiger partial charge in [-0.05, 0) is 55.5 Å². The van der Waals surface area contributed by atoms with Crippen LogP contribution in [0.3, 0.4) is 0 Å². The van der Waals surface area contributed by atoms with Crippen molar-refractivity contribution >= 4 is 34.3 Å². The van der Waals surface area contributed by atoms with Crippen LogP contribution in [-0.2, 0) is 11.2 Å². The zero-order chi connectivity index (χ0) is 18.1. The number of para-hydroxylation sites is 2. The molecule has 0 spiro atoms. The molecule has 0 aliphatic carbocycles. The molecule has 3 nitrogen and oxygen atoms in total. The molecular formula is C22H22N2OS. The Kier molecular flexibility index (Phi) is 4.68. The molecule has 1 amide bonds. The number of aromatic nitrogens is 1. The number of pyridine rings is 1. The summed E-state index contributed by atoms with van der Waals surface area (Å²) < 4.78 is 0. The van der Waals surface area contributed by atoms with Gasteiger partial charge in [-0.2, -0.15) is 0 Å². The first kappa shape index (κ1) is 17.1. The first-order chi connectivity index (χ1) is 12.6. The van der Waals surface area contributed by atoms with E-state index in [9.17, 15) is 4.79 Å². The third kappa shape index (κ3) is 3.21. The Morgan fingerprint density at radius 2 is 1.96 bits per heavy atom. The molecule has 2 aromatic carbocycles. The van der Waals surface area contributed by atoms with Crippen LogP contribution in [0.1, 0.15) is 23.1 Å². The van der Waals surface area contributed by atoms with Crippen LogP contribution in [-0.4, -0.2) is 23.2 Å². The number of rotatable bonds is 3. The van der Waals surface area contributed by atoms with Gasteiger partial charge in [-0.3, -0.25) is 4.79 Å². The van der Waals surface area contributed by atoms with E-state index in [4.69, 9.17) is 4.98 Å². The number of fused-ring (bicyclic) bond motifs is 2. The van der Waals surface area contributed by atoms with Crippen LogP contribution >= 0.6 is 11.8 Å². The molecule has 132 valence electrons. The summed E-state index contributed by atoms with van der Waals surface area (Å²) in [6.07, 6.45) is 2.08. The largest absolute Gasteiger partial charge is 0.311 e. The fourth-order valence-electron chi connectivity index (χ4n) is 3.61. The van der Waals surface area contributed by atoms with E-state index in [2.05, 4.69) is 50.2 Å². The Labute approximate surface area is 158 Å². The first-order valence-electron chi connectivity index (χ1n) is 9.01. The molecule has 2 heterocycles. The highest BCUT2D eigenvalue weighted by Crippen LogP contribution is 2.29. The number of hydrogen-bond donors (Lipinski definition) is 0. The highest BCUT2D eigenvalue weighted by atomic mass is 32.2. The Hall–Kier alpha value is -2.33. The summed E-state index contributed by atoms with van der Waals surface area (Å²) in [5.41, 5.74) is 5.75. The molecule has 0 radical (unpaired) electrons. The van der Waals surface area contributed by atoms with Crippen LogP contribution in [0, 0.1) is 13.8 Å². The minimum Gasteiger partial charge on any atom is -0.311 e. The molecule has 26 heavy (non-hydrogen) atoms. The maximum absolute atomic E-state index is 12.8. The minimum atomic E-state index is 0.159. The van der Waals surface area contributed by atoms with Gasteiger partial charge in [-0.1, -0.05) is 48.2 Å². The van der Waals surface area contributed by atoms with Gasteiger partial charge in [0.1, 0.15) is 0 Å². The van der Waals surface area contributed by atoms with E-state index in [1.54, 1.807) is 0 Å². The van der Waals surface area contributed by atoms with Crippen LogP contribution in [0.2, 0.25) is 0 Å². The first-order valence-corrected chi connectivity index (χ1v) is 10.00. The van der Waals surface area contributed by atoms with Crippen molar-refractivity contribution in [2.45, 2.75) is 31.7 Å². The number of aryl methyl sites for hydroxylation is 3. The summed E-state index contributed by atoms with van der Waals surface area (Å²) in [5, 5.41) is 2.11. The summed E-state index contributed by atoms with van der Waals surface area (Å²) in [6, 6.07) is 16.6. The Morgan fingerprint density at radius 1 is 1.12 bits per heavy atom. The second-order valence-corrected chi connectivity index (χ2v) is 7.81. The van der Waals surface area contributed by atoms with Gasteiger partial charge in [0.25, 0.3) is 0 Å². The summed E-state index contributed by atoms with van der Waals surface area (Å²) in [5.74, 6) is 0.574. The normalized spacial score (nSPS) is 13.7. The maximum atomic E-state index is 12.8. The number of benzene rings is 2. The van der Waals surface area contributed by atoms with Crippen molar-refractivity contribution in [1.82, 2.24) is 4.98 Å². The Morgan fingerprint density at radius 3 is 2.85 bits per heavy atom. The van der Waals surface area contributed by atoms with Crippen LogP contribution < -0.4 is 4.90 Å².